The van der Waals surface area contributed by atoms with E-state index in [4.69, 9.17) is 0 Å². The molecule has 2 aromatic rings. The quantitative estimate of drug-likeness (QED) is 0.874. The number of halogens is 2. The Morgan fingerprint density at radius 1 is 0.944 bits per heavy atom. The SMILES string of the molecule is CNC(c1cccc(C)c1)c1ccc(F)c(F)c1. The van der Waals surface area contributed by atoms with Crippen molar-refractivity contribution in [3.05, 3.63) is 70.8 Å². The van der Waals surface area contributed by atoms with Gasteiger partial charge in [0.1, 0.15) is 0 Å². The summed E-state index contributed by atoms with van der Waals surface area (Å²) in [6, 6.07) is 11.8. The van der Waals surface area contributed by atoms with Crippen LogP contribution in [-0.4, -0.2) is 7.05 Å². The number of benzene rings is 2. The zero-order valence-corrected chi connectivity index (χ0v) is 10.4. The first-order chi connectivity index (χ1) is 8.61. The van der Waals surface area contributed by atoms with Crippen LogP contribution in [-0.2, 0) is 0 Å². The number of hydrogen-bond donors (Lipinski definition) is 1. The lowest BCUT2D eigenvalue weighted by Gasteiger charge is -2.18. The smallest absolute Gasteiger partial charge is 0.159 e. The average molecular weight is 247 g/mol. The fraction of sp³-hybridized carbons (Fsp3) is 0.200. The lowest BCUT2D eigenvalue weighted by molar-refractivity contribution is 0.505. The largest absolute Gasteiger partial charge is 0.309 e. The van der Waals surface area contributed by atoms with Crippen molar-refractivity contribution in [2.45, 2.75) is 13.0 Å². The Morgan fingerprint density at radius 3 is 2.28 bits per heavy atom. The molecule has 0 radical (unpaired) electrons. The molecule has 2 aromatic carbocycles. The molecule has 0 saturated carbocycles. The van der Waals surface area contributed by atoms with Crippen LogP contribution in [0.2, 0.25) is 0 Å². The topological polar surface area (TPSA) is 12.0 Å². The molecule has 0 fully saturated rings. The highest BCUT2D eigenvalue weighted by Gasteiger charge is 2.14. The van der Waals surface area contributed by atoms with E-state index in [0.29, 0.717) is 5.56 Å². The van der Waals surface area contributed by atoms with Crippen LogP contribution in [0.25, 0.3) is 0 Å². The van der Waals surface area contributed by atoms with Gasteiger partial charge < -0.3 is 5.32 Å². The number of nitrogens with one attached hydrogen (secondary N) is 1. The predicted molar refractivity (Wildman–Crippen MR) is 68.4 cm³/mol. The van der Waals surface area contributed by atoms with Gasteiger partial charge in [0.25, 0.3) is 0 Å². The molecule has 0 saturated heterocycles. The van der Waals surface area contributed by atoms with Crippen LogP contribution in [0.5, 0.6) is 0 Å². The van der Waals surface area contributed by atoms with Gasteiger partial charge in [0.15, 0.2) is 11.6 Å². The van der Waals surface area contributed by atoms with Crippen molar-refractivity contribution < 1.29 is 8.78 Å². The second-order valence-electron chi connectivity index (χ2n) is 4.31. The van der Waals surface area contributed by atoms with Crippen LogP contribution in [0, 0.1) is 18.6 Å². The molecule has 0 amide bonds. The van der Waals surface area contributed by atoms with Crippen LogP contribution in [0.3, 0.4) is 0 Å². The van der Waals surface area contributed by atoms with Crippen LogP contribution in [0.15, 0.2) is 42.5 Å². The summed E-state index contributed by atoms with van der Waals surface area (Å²) < 4.78 is 26.2. The molecule has 1 N–H and O–H groups in total. The van der Waals surface area contributed by atoms with Crippen LogP contribution in [0.1, 0.15) is 22.7 Å². The van der Waals surface area contributed by atoms with Crippen molar-refractivity contribution in [1.29, 1.82) is 0 Å². The lowest BCUT2D eigenvalue weighted by Crippen LogP contribution is -2.18. The van der Waals surface area contributed by atoms with E-state index in [9.17, 15) is 8.78 Å². The molecule has 0 bridgehead atoms. The first-order valence-electron chi connectivity index (χ1n) is 5.80. The summed E-state index contributed by atoms with van der Waals surface area (Å²) in [5.74, 6) is -1.64. The Hall–Kier alpha value is -1.74. The molecule has 0 aliphatic rings. The van der Waals surface area contributed by atoms with Gasteiger partial charge in [-0.2, -0.15) is 0 Å². The van der Waals surface area contributed by atoms with Gasteiger partial charge in [0, 0.05) is 0 Å². The fourth-order valence-electron chi connectivity index (χ4n) is 2.07. The van der Waals surface area contributed by atoms with E-state index in [0.717, 1.165) is 17.2 Å². The van der Waals surface area contributed by atoms with E-state index in [2.05, 4.69) is 5.32 Å². The molecule has 0 aliphatic carbocycles. The minimum absolute atomic E-state index is 0.139. The van der Waals surface area contributed by atoms with Gasteiger partial charge in [-0.15, -0.1) is 0 Å². The number of aryl methyl sites for hydroxylation is 1. The maximum atomic E-state index is 13.3. The van der Waals surface area contributed by atoms with E-state index in [-0.39, 0.29) is 6.04 Å². The molecule has 0 aliphatic heterocycles. The monoisotopic (exact) mass is 247 g/mol. The summed E-state index contributed by atoms with van der Waals surface area (Å²) in [6.45, 7) is 2.00. The minimum atomic E-state index is -0.821. The van der Waals surface area contributed by atoms with Crippen molar-refractivity contribution in [1.82, 2.24) is 5.32 Å². The third-order valence-corrected chi connectivity index (χ3v) is 2.94. The van der Waals surface area contributed by atoms with Gasteiger partial charge >= 0.3 is 0 Å². The Morgan fingerprint density at radius 2 is 1.67 bits per heavy atom. The maximum absolute atomic E-state index is 13.3. The Bertz CT molecular complexity index is 552. The van der Waals surface area contributed by atoms with Gasteiger partial charge in [0.2, 0.25) is 0 Å². The van der Waals surface area contributed by atoms with Crippen molar-refractivity contribution >= 4 is 0 Å². The highest BCUT2D eigenvalue weighted by atomic mass is 19.2. The fourth-order valence-corrected chi connectivity index (χ4v) is 2.07. The summed E-state index contributed by atoms with van der Waals surface area (Å²) in [5, 5.41) is 3.12. The molecule has 2 rings (SSSR count). The van der Waals surface area contributed by atoms with Gasteiger partial charge in [-0.05, 0) is 37.2 Å². The van der Waals surface area contributed by atoms with E-state index in [1.54, 1.807) is 13.1 Å². The van der Waals surface area contributed by atoms with Gasteiger partial charge in [-0.3, -0.25) is 0 Å². The predicted octanol–water partition coefficient (Wildman–Crippen LogP) is 3.58. The van der Waals surface area contributed by atoms with E-state index >= 15 is 0 Å². The standard InChI is InChI=1S/C15H15F2N/c1-10-4-3-5-11(8-10)15(18-2)12-6-7-13(16)14(17)9-12/h3-9,15,18H,1-2H3. The third kappa shape index (κ3) is 2.57. The summed E-state index contributed by atoms with van der Waals surface area (Å²) in [6.07, 6.45) is 0. The molecule has 1 unspecified atom stereocenters. The van der Waals surface area contributed by atoms with Crippen molar-refractivity contribution in [3.63, 3.8) is 0 Å². The molecule has 3 heteroatoms. The first-order valence-corrected chi connectivity index (χ1v) is 5.80. The molecule has 94 valence electrons. The van der Waals surface area contributed by atoms with E-state index in [1.807, 2.05) is 31.2 Å². The van der Waals surface area contributed by atoms with Gasteiger partial charge in [0.05, 0.1) is 6.04 Å². The zero-order chi connectivity index (χ0) is 13.1. The Kier molecular flexibility index (Phi) is 3.72. The summed E-state index contributed by atoms with van der Waals surface area (Å²) in [5.41, 5.74) is 2.88. The maximum Gasteiger partial charge on any atom is 0.159 e. The molecular formula is C15H15F2N. The second-order valence-corrected chi connectivity index (χ2v) is 4.31. The van der Waals surface area contributed by atoms with Gasteiger partial charge in [-0.25, -0.2) is 8.78 Å². The summed E-state index contributed by atoms with van der Waals surface area (Å²) in [7, 11) is 1.80. The van der Waals surface area contributed by atoms with Crippen molar-refractivity contribution in [2.75, 3.05) is 7.05 Å². The summed E-state index contributed by atoms with van der Waals surface area (Å²) in [4.78, 5) is 0. The molecule has 0 spiro atoms. The Balaban J connectivity index is 2.42. The van der Waals surface area contributed by atoms with Crippen molar-refractivity contribution in [3.8, 4) is 0 Å². The molecule has 18 heavy (non-hydrogen) atoms. The molecule has 1 atom stereocenters. The third-order valence-electron chi connectivity index (χ3n) is 2.94. The van der Waals surface area contributed by atoms with Crippen LogP contribution < -0.4 is 5.32 Å². The van der Waals surface area contributed by atoms with E-state index < -0.39 is 11.6 Å². The Labute approximate surface area is 105 Å². The highest BCUT2D eigenvalue weighted by molar-refractivity contribution is 5.34. The number of rotatable bonds is 3. The molecular weight excluding hydrogens is 232 g/mol. The van der Waals surface area contributed by atoms with E-state index in [1.165, 1.54) is 6.07 Å². The van der Waals surface area contributed by atoms with Gasteiger partial charge in [-0.1, -0.05) is 35.9 Å². The van der Waals surface area contributed by atoms with Crippen LogP contribution in [0.4, 0.5) is 8.78 Å². The highest BCUT2D eigenvalue weighted by Crippen LogP contribution is 2.23. The normalized spacial score (nSPS) is 12.4. The first kappa shape index (κ1) is 12.7. The average Bonchev–Trinajstić information content (AvgIpc) is 2.35. The number of hydrogen-bond acceptors (Lipinski definition) is 1. The minimum Gasteiger partial charge on any atom is -0.309 e. The lowest BCUT2D eigenvalue weighted by atomic mass is 9.97. The molecule has 0 heterocycles. The summed E-state index contributed by atoms with van der Waals surface area (Å²) >= 11 is 0. The van der Waals surface area contributed by atoms with Crippen LogP contribution >= 0.6 is 0 Å². The molecule has 0 aromatic heterocycles. The second kappa shape index (κ2) is 5.27. The zero-order valence-electron chi connectivity index (χ0n) is 10.4. The van der Waals surface area contributed by atoms with Crippen molar-refractivity contribution in [2.24, 2.45) is 0 Å². The molecule has 1 nitrogen and oxygen atoms in total.